The molecule has 1 rings (SSSR count). The van der Waals surface area contributed by atoms with Gasteiger partial charge in [-0.3, -0.25) is 0 Å². The predicted octanol–water partition coefficient (Wildman–Crippen LogP) is 1.42. The van der Waals surface area contributed by atoms with Crippen LogP contribution in [0.2, 0.25) is 0 Å². The second kappa shape index (κ2) is 7.23. The summed E-state index contributed by atoms with van der Waals surface area (Å²) >= 11 is 0. The maximum Gasteiger partial charge on any atom is 0.324 e. The highest BCUT2D eigenvalue weighted by molar-refractivity contribution is 5.26. The summed E-state index contributed by atoms with van der Waals surface area (Å²) in [6.45, 7) is 7.23. The molecule has 0 spiro atoms. The molecule has 1 aromatic rings. The number of anilines is 1. The molecule has 0 radical (unpaired) electrons. The van der Waals surface area contributed by atoms with Gasteiger partial charge >= 0.3 is 12.0 Å². The van der Waals surface area contributed by atoms with Crippen LogP contribution in [0.4, 0.5) is 5.95 Å². The van der Waals surface area contributed by atoms with E-state index in [0.29, 0.717) is 19.2 Å². The standard InChI is InChI=1S/C13H25N5O2/c1-7-8-19-11-15-10(14-4)16-12(17-11)20-9-13(2,3)18(5)6/h7-9H2,1-6H3,(H,14,15,16,17). The van der Waals surface area contributed by atoms with Gasteiger partial charge in [-0.15, -0.1) is 4.98 Å². The first-order valence-electron chi connectivity index (χ1n) is 6.76. The molecule has 0 unspecified atom stereocenters. The van der Waals surface area contributed by atoms with Crippen molar-refractivity contribution in [2.24, 2.45) is 0 Å². The Kier molecular flexibility index (Phi) is 5.94. The molecule has 0 aliphatic carbocycles. The third-order valence-electron chi connectivity index (χ3n) is 3.02. The lowest BCUT2D eigenvalue weighted by molar-refractivity contribution is 0.107. The summed E-state index contributed by atoms with van der Waals surface area (Å²) in [6.07, 6.45) is 0.893. The maximum atomic E-state index is 5.67. The Morgan fingerprint density at radius 1 is 1.10 bits per heavy atom. The summed E-state index contributed by atoms with van der Waals surface area (Å²) in [5, 5.41) is 2.87. The second-order valence-corrected chi connectivity index (χ2v) is 5.32. The van der Waals surface area contributed by atoms with Crippen LogP contribution in [0.3, 0.4) is 0 Å². The van der Waals surface area contributed by atoms with Crippen molar-refractivity contribution in [2.45, 2.75) is 32.7 Å². The Labute approximate surface area is 120 Å². The van der Waals surface area contributed by atoms with Gasteiger partial charge in [-0.25, -0.2) is 0 Å². The minimum Gasteiger partial charge on any atom is -0.463 e. The van der Waals surface area contributed by atoms with Crippen LogP contribution in [-0.2, 0) is 0 Å². The zero-order valence-corrected chi connectivity index (χ0v) is 13.2. The van der Waals surface area contributed by atoms with Gasteiger partial charge in [0.2, 0.25) is 5.95 Å². The quantitative estimate of drug-likeness (QED) is 0.773. The molecule has 0 fully saturated rings. The van der Waals surface area contributed by atoms with Crippen molar-refractivity contribution in [2.75, 3.05) is 39.7 Å². The van der Waals surface area contributed by atoms with Crippen molar-refractivity contribution in [3.63, 3.8) is 0 Å². The number of nitrogens with zero attached hydrogens (tertiary/aromatic N) is 4. The summed E-state index contributed by atoms with van der Waals surface area (Å²) in [6, 6.07) is 0.550. The average molecular weight is 283 g/mol. The fourth-order valence-corrected chi connectivity index (χ4v) is 1.14. The maximum absolute atomic E-state index is 5.67. The molecule has 1 heterocycles. The van der Waals surface area contributed by atoms with Gasteiger partial charge in [-0.2, -0.15) is 9.97 Å². The van der Waals surface area contributed by atoms with E-state index in [1.54, 1.807) is 7.05 Å². The van der Waals surface area contributed by atoms with Gasteiger partial charge in [0.1, 0.15) is 6.61 Å². The van der Waals surface area contributed by atoms with Crippen molar-refractivity contribution in [1.29, 1.82) is 0 Å². The normalized spacial score (nSPS) is 11.6. The van der Waals surface area contributed by atoms with E-state index >= 15 is 0 Å². The van der Waals surface area contributed by atoms with Crippen LogP contribution in [-0.4, -0.2) is 59.7 Å². The summed E-state index contributed by atoms with van der Waals surface area (Å²) in [5.74, 6) is 0.434. The van der Waals surface area contributed by atoms with Gasteiger partial charge in [0, 0.05) is 12.6 Å². The van der Waals surface area contributed by atoms with Crippen molar-refractivity contribution in [3.05, 3.63) is 0 Å². The number of nitrogens with one attached hydrogen (secondary N) is 1. The fraction of sp³-hybridized carbons (Fsp3) is 0.769. The first kappa shape index (κ1) is 16.4. The van der Waals surface area contributed by atoms with Crippen LogP contribution in [0.5, 0.6) is 12.0 Å². The van der Waals surface area contributed by atoms with Gasteiger partial charge in [0.15, 0.2) is 0 Å². The molecule has 20 heavy (non-hydrogen) atoms. The Bertz CT molecular complexity index is 423. The van der Waals surface area contributed by atoms with Gasteiger partial charge in [-0.1, -0.05) is 6.92 Å². The van der Waals surface area contributed by atoms with E-state index in [4.69, 9.17) is 9.47 Å². The van der Waals surface area contributed by atoms with Crippen LogP contribution < -0.4 is 14.8 Å². The number of ether oxygens (including phenoxy) is 2. The first-order chi connectivity index (χ1) is 9.39. The Morgan fingerprint density at radius 2 is 1.70 bits per heavy atom. The zero-order valence-electron chi connectivity index (χ0n) is 13.2. The highest BCUT2D eigenvalue weighted by atomic mass is 16.5. The SMILES string of the molecule is CCCOc1nc(NC)nc(OCC(C)(C)N(C)C)n1. The average Bonchev–Trinajstić information content (AvgIpc) is 2.42. The topological polar surface area (TPSA) is 72.4 Å². The molecule has 0 saturated carbocycles. The van der Waals surface area contributed by atoms with Crippen molar-refractivity contribution in [1.82, 2.24) is 19.9 Å². The van der Waals surface area contributed by atoms with Crippen molar-refractivity contribution < 1.29 is 9.47 Å². The molecule has 1 N–H and O–H groups in total. The molecular weight excluding hydrogens is 258 g/mol. The minimum absolute atomic E-state index is 0.114. The minimum atomic E-state index is -0.114. The lowest BCUT2D eigenvalue weighted by Gasteiger charge is -2.31. The van der Waals surface area contributed by atoms with E-state index in [-0.39, 0.29) is 17.6 Å². The fourth-order valence-electron chi connectivity index (χ4n) is 1.14. The number of aromatic nitrogens is 3. The second-order valence-electron chi connectivity index (χ2n) is 5.32. The van der Waals surface area contributed by atoms with E-state index in [0.717, 1.165) is 6.42 Å². The van der Waals surface area contributed by atoms with Crippen LogP contribution >= 0.6 is 0 Å². The summed E-state index contributed by atoms with van der Waals surface area (Å²) < 4.78 is 11.1. The third-order valence-corrected chi connectivity index (χ3v) is 3.02. The van der Waals surface area contributed by atoms with Crippen LogP contribution in [0.15, 0.2) is 0 Å². The van der Waals surface area contributed by atoms with E-state index in [2.05, 4.69) is 39.0 Å². The molecule has 0 amide bonds. The number of hydrogen-bond acceptors (Lipinski definition) is 7. The molecule has 0 atom stereocenters. The highest BCUT2D eigenvalue weighted by Gasteiger charge is 2.22. The Morgan fingerprint density at radius 3 is 2.20 bits per heavy atom. The molecule has 1 aromatic heterocycles. The van der Waals surface area contributed by atoms with E-state index < -0.39 is 0 Å². The molecule has 0 aliphatic heterocycles. The molecule has 0 saturated heterocycles. The first-order valence-corrected chi connectivity index (χ1v) is 6.76. The Hall–Kier alpha value is -1.63. The van der Waals surface area contributed by atoms with Crippen molar-refractivity contribution in [3.8, 4) is 12.0 Å². The van der Waals surface area contributed by atoms with Crippen LogP contribution in [0.1, 0.15) is 27.2 Å². The molecular formula is C13H25N5O2. The molecule has 0 aliphatic rings. The smallest absolute Gasteiger partial charge is 0.324 e. The van der Waals surface area contributed by atoms with Gasteiger partial charge in [-0.05, 0) is 34.4 Å². The van der Waals surface area contributed by atoms with Gasteiger partial charge < -0.3 is 19.7 Å². The summed E-state index contributed by atoms with van der Waals surface area (Å²) in [5.41, 5.74) is -0.114. The lowest BCUT2D eigenvalue weighted by atomic mass is 10.1. The number of likely N-dealkylation sites (N-methyl/N-ethyl adjacent to an activating group) is 1. The van der Waals surface area contributed by atoms with Gasteiger partial charge in [0.25, 0.3) is 0 Å². The molecule has 0 aromatic carbocycles. The molecule has 7 nitrogen and oxygen atoms in total. The van der Waals surface area contributed by atoms with Crippen molar-refractivity contribution >= 4 is 5.95 Å². The van der Waals surface area contributed by atoms with E-state index in [9.17, 15) is 0 Å². The molecule has 114 valence electrons. The monoisotopic (exact) mass is 283 g/mol. The molecule has 7 heteroatoms. The largest absolute Gasteiger partial charge is 0.463 e. The van der Waals surface area contributed by atoms with E-state index in [1.165, 1.54) is 0 Å². The third kappa shape index (κ3) is 4.80. The Balaban J connectivity index is 2.78. The van der Waals surface area contributed by atoms with E-state index in [1.807, 2.05) is 21.0 Å². The van der Waals surface area contributed by atoms with Crippen LogP contribution in [0, 0.1) is 0 Å². The van der Waals surface area contributed by atoms with Crippen LogP contribution in [0.25, 0.3) is 0 Å². The van der Waals surface area contributed by atoms with Gasteiger partial charge in [0.05, 0.1) is 6.61 Å². The highest BCUT2D eigenvalue weighted by Crippen LogP contribution is 2.16. The summed E-state index contributed by atoms with van der Waals surface area (Å²) in [7, 11) is 5.75. The lowest BCUT2D eigenvalue weighted by Crippen LogP contribution is -2.43. The number of rotatable bonds is 8. The predicted molar refractivity (Wildman–Crippen MR) is 78.4 cm³/mol. The zero-order chi connectivity index (χ0) is 15.2. The summed E-state index contributed by atoms with van der Waals surface area (Å²) in [4.78, 5) is 14.5. The molecule has 0 bridgehead atoms. The number of hydrogen-bond donors (Lipinski definition) is 1.